The molecule has 0 spiro atoms. The zero-order valence-corrected chi connectivity index (χ0v) is 9.92. The molecule has 3 aromatic rings. The maximum Gasteiger partial charge on any atom is 0.192 e. The van der Waals surface area contributed by atoms with Crippen LogP contribution < -0.4 is 5.32 Å². The molecule has 0 saturated heterocycles. The number of aryl methyl sites for hydroxylation is 1. The van der Waals surface area contributed by atoms with Gasteiger partial charge in [0.15, 0.2) is 11.5 Å². The summed E-state index contributed by atoms with van der Waals surface area (Å²) in [4.78, 5) is 12.2. The third-order valence-electron chi connectivity index (χ3n) is 2.61. The number of oxazole rings is 1. The summed E-state index contributed by atoms with van der Waals surface area (Å²) in [6.07, 6.45) is 5.10. The average molecular weight is 240 g/mol. The van der Waals surface area contributed by atoms with Gasteiger partial charge in [-0.2, -0.15) is 0 Å². The molecule has 0 radical (unpaired) electrons. The Hall–Kier alpha value is -2.43. The monoisotopic (exact) mass is 240 g/mol. The molecule has 0 aliphatic carbocycles. The maximum absolute atomic E-state index is 5.43. The molecule has 0 amide bonds. The number of hydrogen-bond donors (Lipinski definition) is 1. The molecule has 18 heavy (non-hydrogen) atoms. The fraction of sp³-hybridized carbons (Fsp3) is 0.154. The largest absolute Gasteiger partial charge is 0.441 e. The van der Waals surface area contributed by atoms with E-state index in [-0.39, 0.29) is 0 Å². The van der Waals surface area contributed by atoms with Crippen molar-refractivity contribution in [1.29, 1.82) is 0 Å². The first-order valence-corrected chi connectivity index (χ1v) is 5.66. The Balaban J connectivity index is 1.78. The van der Waals surface area contributed by atoms with Gasteiger partial charge >= 0.3 is 0 Å². The SMILES string of the molecule is Cc1nc2cc(NCc3cncnc3)ccc2o1. The molecule has 0 atom stereocenters. The molecule has 5 heteroatoms. The lowest BCUT2D eigenvalue weighted by molar-refractivity contribution is 0.561. The summed E-state index contributed by atoms with van der Waals surface area (Å²) in [5.74, 6) is 0.679. The number of aromatic nitrogens is 3. The molecule has 2 aromatic heterocycles. The zero-order valence-electron chi connectivity index (χ0n) is 9.92. The van der Waals surface area contributed by atoms with Gasteiger partial charge in [0.25, 0.3) is 0 Å². The molecule has 0 aliphatic rings. The van der Waals surface area contributed by atoms with Crippen LogP contribution in [0.15, 0.2) is 41.3 Å². The number of hydrogen-bond acceptors (Lipinski definition) is 5. The number of nitrogens with zero attached hydrogens (tertiary/aromatic N) is 3. The minimum Gasteiger partial charge on any atom is -0.441 e. The molecular weight excluding hydrogens is 228 g/mol. The Bertz CT molecular complexity index is 663. The molecule has 1 aromatic carbocycles. The zero-order chi connectivity index (χ0) is 12.4. The highest BCUT2D eigenvalue weighted by Gasteiger charge is 2.02. The molecule has 90 valence electrons. The number of rotatable bonds is 3. The lowest BCUT2D eigenvalue weighted by atomic mass is 10.2. The lowest BCUT2D eigenvalue weighted by Crippen LogP contribution is -1.99. The highest BCUT2D eigenvalue weighted by Crippen LogP contribution is 2.19. The molecule has 0 fully saturated rings. The van der Waals surface area contributed by atoms with Gasteiger partial charge in [0.05, 0.1) is 0 Å². The van der Waals surface area contributed by atoms with Crippen LogP contribution in [0, 0.1) is 6.92 Å². The van der Waals surface area contributed by atoms with Crippen molar-refractivity contribution in [3.05, 3.63) is 48.4 Å². The van der Waals surface area contributed by atoms with Gasteiger partial charge in [-0.05, 0) is 18.2 Å². The highest BCUT2D eigenvalue weighted by atomic mass is 16.3. The van der Waals surface area contributed by atoms with Crippen molar-refractivity contribution in [3.8, 4) is 0 Å². The molecule has 0 bridgehead atoms. The molecule has 1 N–H and O–H groups in total. The van der Waals surface area contributed by atoms with E-state index in [1.807, 2.05) is 25.1 Å². The smallest absolute Gasteiger partial charge is 0.192 e. The third kappa shape index (κ3) is 2.15. The van der Waals surface area contributed by atoms with Gasteiger partial charge in [-0.25, -0.2) is 15.0 Å². The van der Waals surface area contributed by atoms with Crippen LogP contribution in [-0.4, -0.2) is 15.0 Å². The van der Waals surface area contributed by atoms with Gasteiger partial charge in [-0.1, -0.05) is 0 Å². The van der Waals surface area contributed by atoms with E-state index in [0.29, 0.717) is 12.4 Å². The predicted octanol–water partition coefficient (Wildman–Crippen LogP) is 2.54. The topological polar surface area (TPSA) is 63.8 Å². The fourth-order valence-corrected chi connectivity index (χ4v) is 1.78. The van der Waals surface area contributed by atoms with Gasteiger partial charge in [0, 0.05) is 37.1 Å². The van der Waals surface area contributed by atoms with Crippen molar-refractivity contribution in [2.45, 2.75) is 13.5 Å². The number of anilines is 1. The Morgan fingerprint density at radius 2 is 2.06 bits per heavy atom. The maximum atomic E-state index is 5.43. The van der Waals surface area contributed by atoms with Crippen LogP contribution in [0.3, 0.4) is 0 Å². The predicted molar refractivity (Wildman–Crippen MR) is 68.1 cm³/mol. The van der Waals surface area contributed by atoms with Crippen LogP contribution in [0.4, 0.5) is 5.69 Å². The van der Waals surface area contributed by atoms with E-state index in [1.165, 1.54) is 6.33 Å². The summed E-state index contributed by atoms with van der Waals surface area (Å²) in [5.41, 5.74) is 3.71. The van der Waals surface area contributed by atoms with E-state index >= 15 is 0 Å². The van der Waals surface area contributed by atoms with Crippen LogP contribution in [0.25, 0.3) is 11.1 Å². The first-order chi connectivity index (χ1) is 8.81. The summed E-state index contributed by atoms with van der Waals surface area (Å²) < 4.78 is 5.43. The van der Waals surface area contributed by atoms with Crippen molar-refractivity contribution in [2.75, 3.05) is 5.32 Å². The van der Waals surface area contributed by atoms with E-state index in [4.69, 9.17) is 4.42 Å². The first-order valence-electron chi connectivity index (χ1n) is 5.66. The summed E-state index contributed by atoms with van der Waals surface area (Å²) in [6, 6.07) is 5.85. The van der Waals surface area contributed by atoms with Crippen molar-refractivity contribution in [1.82, 2.24) is 15.0 Å². The second kappa shape index (κ2) is 4.44. The van der Waals surface area contributed by atoms with E-state index in [1.54, 1.807) is 12.4 Å². The van der Waals surface area contributed by atoms with E-state index in [0.717, 1.165) is 22.4 Å². The van der Waals surface area contributed by atoms with Gasteiger partial charge in [-0.15, -0.1) is 0 Å². The van der Waals surface area contributed by atoms with Gasteiger partial charge in [0.1, 0.15) is 11.8 Å². The van der Waals surface area contributed by atoms with Crippen LogP contribution in [0.5, 0.6) is 0 Å². The molecular formula is C13H12N4O. The number of benzene rings is 1. The quantitative estimate of drug-likeness (QED) is 0.762. The van der Waals surface area contributed by atoms with Crippen molar-refractivity contribution < 1.29 is 4.42 Å². The summed E-state index contributed by atoms with van der Waals surface area (Å²) in [6.45, 7) is 2.53. The molecule has 2 heterocycles. The Kier molecular flexibility index (Phi) is 2.64. The lowest BCUT2D eigenvalue weighted by Gasteiger charge is -2.05. The second-order valence-corrected chi connectivity index (χ2v) is 4.02. The molecule has 0 saturated carbocycles. The van der Waals surface area contributed by atoms with Crippen LogP contribution in [0.1, 0.15) is 11.5 Å². The molecule has 3 rings (SSSR count). The minimum absolute atomic E-state index is 0.679. The third-order valence-corrected chi connectivity index (χ3v) is 2.61. The molecule has 0 unspecified atom stereocenters. The fourth-order valence-electron chi connectivity index (χ4n) is 1.78. The van der Waals surface area contributed by atoms with E-state index < -0.39 is 0 Å². The van der Waals surface area contributed by atoms with Crippen molar-refractivity contribution >= 4 is 16.8 Å². The molecule has 0 aliphatic heterocycles. The Morgan fingerprint density at radius 3 is 2.89 bits per heavy atom. The normalized spacial score (nSPS) is 10.7. The standard InChI is InChI=1S/C13H12N4O/c1-9-17-12-4-11(2-3-13(12)18-9)16-7-10-5-14-8-15-6-10/h2-6,8,16H,7H2,1H3. The Labute approximate surface area is 104 Å². The van der Waals surface area contributed by atoms with Crippen LogP contribution >= 0.6 is 0 Å². The van der Waals surface area contributed by atoms with Crippen LogP contribution in [0.2, 0.25) is 0 Å². The summed E-state index contributed by atoms with van der Waals surface area (Å²) in [7, 11) is 0. The van der Waals surface area contributed by atoms with Gasteiger partial charge in [0.2, 0.25) is 0 Å². The van der Waals surface area contributed by atoms with E-state index in [2.05, 4.69) is 20.3 Å². The Morgan fingerprint density at radius 1 is 1.22 bits per heavy atom. The van der Waals surface area contributed by atoms with Gasteiger partial charge < -0.3 is 9.73 Å². The van der Waals surface area contributed by atoms with Gasteiger partial charge in [-0.3, -0.25) is 0 Å². The van der Waals surface area contributed by atoms with Crippen LogP contribution in [-0.2, 0) is 6.54 Å². The highest BCUT2D eigenvalue weighted by molar-refractivity contribution is 5.77. The minimum atomic E-state index is 0.679. The number of nitrogens with one attached hydrogen (secondary N) is 1. The van der Waals surface area contributed by atoms with E-state index in [9.17, 15) is 0 Å². The first kappa shape index (κ1) is 10.7. The molecule has 5 nitrogen and oxygen atoms in total. The summed E-state index contributed by atoms with van der Waals surface area (Å²) >= 11 is 0. The van der Waals surface area contributed by atoms with Crippen molar-refractivity contribution in [3.63, 3.8) is 0 Å². The average Bonchev–Trinajstić information content (AvgIpc) is 2.77. The summed E-state index contributed by atoms with van der Waals surface area (Å²) in [5, 5.41) is 3.30. The number of fused-ring (bicyclic) bond motifs is 1. The second-order valence-electron chi connectivity index (χ2n) is 4.02. The van der Waals surface area contributed by atoms with Crippen molar-refractivity contribution in [2.24, 2.45) is 0 Å².